The second-order valence-electron chi connectivity index (χ2n) is 1.91. The number of hydrogen-bond acceptors (Lipinski definition) is 5. The van der Waals surface area contributed by atoms with Gasteiger partial charge in [0.25, 0.3) is 13.9 Å². The van der Waals surface area contributed by atoms with Gasteiger partial charge in [-0.05, 0) is 0 Å². The molecule has 0 bridgehead atoms. The molecule has 58 valence electrons. The van der Waals surface area contributed by atoms with Crippen molar-refractivity contribution in [1.82, 2.24) is 9.97 Å². The van der Waals surface area contributed by atoms with Gasteiger partial charge in [-0.15, -0.1) is 0 Å². The van der Waals surface area contributed by atoms with Gasteiger partial charge in [0.1, 0.15) is 7.85 Å². The highest BCUT2D eigenvalue weighted by Gasteiger charge is 2.01. The highest BCUT2D eigenvalue weighted by atomic mass is 16.6. The first-order valence-electron chi connectivity index (χ1n) is 3.06. The van der Waals surface area contributed by atoms with Crippen LogP contribution in [0.3, 0.4) is 0 Å². The van der Waals surface area contributed by atoms with E-state index in [9.17, 15) is 0 Å². The monoisotopic (exact) mass is 161 g/mol. The molecule has 2 N–H and O–H groups in total. The van der Waals surface area contributed by atoms with E-state index in [4.69, 9.17) is 26.4 Å². The molecule has 0 spiro atoms. The Kier molecular flexibility index (Phi) is 2.93. The topological polar surface area (TPSA) is 70.3 Å². The van der Waals surface area contributed by atoms with Crippen LogP contribution in [-0.2, 0) is 4.65 Å². The summed E-state index contributed by atoms with van der Waals surface area (Å²) in [6.45, 7) is -0.136. The van der Waals surface area contributed by atoms with Crippen molar-refractivity contribution in [1.29, 1.82) is 0 Å². The molecular weight excluding hydrogens is 156 g/mol. The molecule has 1 heterocycles. The normalized spacial score (nSPS) is 9.67. The van der Waals surface area contributed by atoms with E-state index in [0.717, 1.165) is 0 Å². The lowest BCUT2D eigenvalue weighted by atomic mass is 10.1. The highest BCUT2D eigenvalue weighted by Crippen LogP contribution is 2.10. The lowest BCUT2D eigenvalue weighted by molar-refractivity contribution is 0.126. The second kappa shape index (κ2) is 3.96. The fourth-order valence-electron chi connectivity index (χ4n) is 0.608. The summed E-state index contributed by atoms with van der Waals surface area (Å²) >= 11 is 0. The van der Waals surface area contributed by atoms with Crippen LogP contribution in [0.25, 0.3) is 0 Å². The molecule has 1 rings (SSSR count). The molecule has 12 heavy (non-hydrogen) atoms. The number of aromatic nitrogens is 2. The first-order chi connectivity index (χ1) is 5.74. The van der Waals surface area contributed by atoms with Crippen LogP contribution < -0.4 is 16.1 Å². The number of nitrogens with zero attached hydrogens (tertiary/aromatic N) is 2. The van der Waals surface area contributed by atoms with Crippen molar-refractivity contribution in [2.75, 3.05) is 12.5 Å². The van der Waals surface area contributed by atoms with E-state index < -0.39 is 0 Å². The summed E-state index contributed by atoms with van der Waals surface area (Å²) in [6.07, 6.45) is 1.32. The Hall–Kier alpha value is -1.23. The molecule has 1 aromatic rings. The fraction of sp³-hybridized carbons (Fsp3) is 0.200. The number of hydrogen-bond donors (Lipinski definition) is 1. The first kappa shape index (κ1) is 8.86. The van der Waals surface area contributed by atoms with Crippen LogP contribution in [0.4, 0.5) is 5.82 Å². The Morgan fingerprint density at radius 2 is 2.33 bits per heavy atom. The number of nitrogen functional groups attached to an aromatic ring is 1. The number of rotatable bonds is 3. The molecular formula is C5H5B2N3O2. The summed E-state index contributed by atoms with van der Waals surface area (Å²) in [4.78, 5) is 7.44. The van der Waals surface area contributed by atoms with E-state index in [-0.39, 0.29) is 24.1 Å². The summed E-state index contributed by atoms with van der Waals surface area (Å²) in [5.41, 5.74) is 5.62. The van der Waals surface area contributed by atoms with E-state index in [1.54, 1.807) is 0 Å². The zero-order valence-electron chi connectivity index (χ0n) is 6.23. The van der Waals surface area contributed by atoms with Gasteiger partial charge in [-0.2, -0.15) is 0 Å². The Morgan fingerprint density at radius 3 is 2.92 bits per heavy atom. The summed E-state index contributed by atoms with van der Waals surface area (Å²) in [7, 11) is 10.0. The number of nitrogens with two attached hydrogens (primary N) is 1. The summed E-state index contributed by atoms with van der Waals surface area (Å²) in [5.74, 6) is 0.252. The highest BCUT2D eigenvalue weighted by molar-refractivity contribution is 6.30. The van der Waals surface area contributed by atoms with Gasteiger partial charge in [0.15, 0.2) is 12.6 Å². The minimum atomic E-state index is -0.136. The van der Waals surface area contributed by atoms with E-state index >= 15 is 0 Å². The predicted octanol–water partition coefficient (Wildman–Crippen LogP) is -1.71. The van der Waals surface area contributed by atoms with Gasteiger partial charge in [0, 0.05) is 11.8 Å². The molecule has 0 aliphatic carbocycles. The van der Waals surface area contributed by atoms with Crippen LogP contribution in [0, 0.1) is 0 Å². The van der Waals surface area contributed by atoms with Gasteiger partial charge in [-0.1, -0.05) is 0 Å². The van der Waals surface area contributed by atoms with Crippen molar-refractivity contribution in [2.45, 2.75) is 0 Å². The third-order valence-electron chi connectivity index (χ3n) is 1.05. The van der Waals surface area contributed by atoms with E-state index in [0.29, 0.717) is 0 Å². The Morgan fingerprint density at radius 1 is 1.58 bits per heavy atom. The van der Waals surface area contributed by atoms with Crippen molar-refractivity contribution >= 4 is 27.3 Å². The van der Waals surface area contributed by atoms with Crippen LogP contribution in [-0.4, -0.2) is 32.7 Å². The minimum absolute atomic E-state index is 0.104. The van der Waals surface area contributed by atoms with Gasteiger partial charge in [0.05, 0.1) is 0 Å². The lowest BCUT2D eigenvalue weighted by Gasteiger charge is -2.05. The molecule has 0 atom stereocenters. The molecule has 0 saturated carbocycles. The van der Waals surface area contributed by atoms with E-state index in [1.165, 1.54) is 6.20 Å². The average molecular weight is 161 g/mol. The van der Waals surface area contributed by atoms with Gasteiger partial charge >= 0.3 is 0 Å². The molecule has 0 fully saturated rings. The molecule has 0 aliphatic rings. The molecule has 0 amide bonds. The maximum atomic E-state index is 5.39. The second-order valence-corrected chi connectivity index (χ2v) is 1.91. The third kappa shape index (κ3) is 2.13. The zero-order valence-corrected chi connectivity index (χ0v) is 6.23. The van der Waals surface area contributed by atoms with Crippen molar-refractivity contribution < 1.29 is 9.39 Å². The largest absolute Gasteiger partial charge is 0.449 e. The van der Waals surface area contributed by atoms with Gasteiger partial charge < -0.3 is 15.1 Å². The van der Waals surface area contributed by atoms with Crippen molar-refractivity contribution in [2.24, 2.45) is 0 Å². The Balaban J connectivity index is 2.72. The molecule has 0 unspecified atom stereocenters. The maximum absolute atomic E-state index is 5.39. The summed E-state index contributed by atoms with van der Waals surface area (Å²) < 4.78 is 8.99. The minimum Gasteiger partial charge on any atom is -0.449 e. The number of anilines is 1. The van der Waals surface area contributed by atoms with Crippen molar-refractivity contribution in [3.63, 3.8) is 0 Å². The molecule has 0 aromatic carbocycles. The van der Waals surface area contributed by atoms with Gasteiger partial charge in [0.2, 0.25) is 0 Å². The Bertz CT molecular complexity index is 271. The van der Waals surface area contributed by atoms with Crippen LogP contribution >= 0.6 is 0 Å². The van der Waals surface area contributed by atoms with Crippen molar-refractivity contribution in [3.8, 4) is 5.88 Å². The third-order valence-corrected chi connectivity index (χ3v) is 1.05. The van der Waals surface area contributed by atoms with Crippen LogP contribution in [0.1, 0.15) is 0 Å². The van der Waals surface area contributed by atoms with Gasteiger partial charge in [-0.3, -0.25) is 0 Å². The molecule has 0 aliphatic heterocycles. The lowest BCUT2D eigenvalue weighted by Crippen LogP contribution is -2.14. The quantitative estimate of drug-likeness (QED) is 0.421. The smallest absolute Gasteiger partial charge is 0.287 e. The molecule has 1 aromatic heterocycles. The molecule has 7 heteroatoms. The van der Waals surface area contributed by atoms with Crippen molar-refractivity contribution in [3.05, 3.63) is 6.20 Å². The zero-order chi connectivity index (χ0) is 8.97. The molecule has 5 nitrogen and oxygen atoms in total. The van der Waals surface area contributed by atoms with Crippen LogP contribution in [0.15, 0.2) is 6.20 Å². The predicted molar refractivity (Wildman–Crippen MR) is 44.2 cm³/mol. The first-order valence-corrected chi connectivity index (χ1v) is 3.06. The standard InChI is InChI=1S/C5H5B2N3O2/c6-3-1-9-5(4(8)10-3)11-2-12-7/h1H,2H2,(H2,8,10). The van der Waals surface area contributed by atoms with Crippen LogP contribution in [0.2, 0.25) is 0 Å². The SMILES string of the molecule is [B]OCOc1ncc([B])nc1N. The molecule has 4 radical (unpaired) electrons. The fourth-order valence-corrected chi connectivity index (χ4v) is 0.608. The average Bonchev–Trinajstić information content (AvgIpc) is 2.03. The number of ether oxygens (including phenoxy) is 1. The maximum Gasteiger partial charge on any atom is 0.287 e. The summed E-state index contributed by atoms with van der Waals surface area (Å²) in [6, 6.07) is 0. The van der Waals surface area contributed by atoms with E-state index in [2.05, 4.69) is 14.6 Å². The van der Waals surface area contributed by atoms with Gasteiger partial charge in [-0.25, -0.2) is 9.97 Å². The Labute approximate surface area is 72.1 Å². The van der Waals surface area contributed by atoms with E-state index in [1.807, 2.05) is 0 Å². The van der Waals surface area contributed by atoms with Crippen LogP contribution in [0.5, 0.6) is 5.88 Å². The summed E-state index contributed by atoms with van der Waals surface area (Å²) in [5, 5.41) is 0. The molecule has 0 saturated heterocycles.